The zero-order valence-electron chi connectivity index (χ0n) is 9.69. The molecule has 2 nitrogen and oxygen atoms in total. The summed E-state index contributed by atoms with van der Waals surface area (Å²) in [4.78, 5) is 0. The molecule has 1 aromatic rings. The molecule has 0 amide bonds. The van der Waals surface area contributed by atoms with Crippen LogP contribution in [0, 0.1) is 0 Å². The number of hydrogen-bond donors (Lipinski definition) is 0. The smallest absolute Gasteiger partial charge is 0.236 e. The number of aromatic nitrogens is 2. The molecule has 0 spiro atoms. The minimum atomic E-state index is 1.13. The molecule has 0 saturated carbocycles. The van der Waals surface area contributed by atoms with Crippen molar-refractivity contribution in [2.24, 2.45) is 0 Å². The summed E-state index contributed by atoms with van der Waals surface area (Å²) in [5.41, 5.74) is 0. The molecule has 1 rings (SSSR count). The summed E-state index contributed by atoms with van der Waals surface area (Å²) in [5, 5.41) is 0. The number of aryl methyl sites for hydroxylation is 2. The van der Waals surface area contributed by atoms with E-state index in [9.17, 15) is 0 Å². The minimum absolute atomic E-state index is 1.13. The van der Waals surface area contributed by atoms with Crippen LogP contribution in [0.15, 0.2) is 18.7 Å². The lowest BCUT2D eigenvalue weighted by molar-refractivity contribution is -0.691. The number of thioether (sulfide) groups is 2. The highest BCUT2D eigenvalue weighted by atomic mass is 32.2. The number of hydrogen-bond acceptors (Lipinski definition) is 2. The van der Waals surface area contributed by atoms with E-state index in [0.717, 1.165) is 13.1 Å². The van der Waals surface area contributed by atoms with Gasteiger partial charge >= 0.3 is 0 Å². The van der Waals surface area contributed by atoms with Gasteiger partial charge < -0.3 is 0 Å². The molecule has 86 valence electrons. The molecule has 0 atom stereocenters. The largest absolute Gasteiger partial charge is 0.243 e. The Kier molecular flexibility index (Phi) is 7.01. The van der Waals surface area contributed by atoms with Crippen molar-refractivity contribution in [1.82, 2.24) is 4.57 Å². The molecular formula is C11H21N2S2+. The highest BCUT2D eigenvalue weighted by Gasteiger charge is 2.02. The lowest BCUT2D eigenvalue weighted by atomic mass is 10.7. The maximum absolute atomic E-state index is 2.28. The van der Waals surface area contributed by atoms with Gasteiger partial charge in [-0.15, -0.1) is 0 Å². The third-order valence-corrected chi connectivity index (χ3v) is 3.90. The minimum Gasteiger partial charge on any atom is -0.236 e. The second kappa shape index (κ2) is 8.11. The Balaban J connectivity index is 2.23. The summed E-state index contributed by atoms with van der Waals surface area (Å²) >= 11 is 4.00. The fourth-order valence-electron chi connectivity index (χ4n) is 1.33. The van der Waals surface area contributed by atoms with E-state index in [4.69, 9.17) is 0 Å². The van der Waals surface area contributed by atoms with Crippen LogP contribution in [0.25, 0.3) is 0 Å². The molecule has 0 bridgehead atoms. The van der Waals surface area contributed by atoms with Gasteiger partial charge in [0.15, 0.2) is 0 Å². The van der Waals surface area contributed by atoms with Crippen molar-refractivity contribution in [2.75, 3.05) is 23.0 Å². The molecule has 0 N–H and O–H groups in total. The average molecular weight is 245 g/mol. The molecule has 0 saturated heterocycles. The van der Waals surface area contributed by atoms with Crippen molar-refractivity contribution in [3.63, 3.8) is 0 Å². The predicted octanol–water partition coefficient (Wildman–Crippen LogP) is 2.28. The van der Waals surface area contributed by atoms with E-state index in [2.05, 4.69) is 41.7 Å². The third kappa shape index (κ3) is 5.52. The van der Waals surface area contributed by atoms with E-state index in [-0.39, 0.29) is 0 Å². The molecule has 4 heteroatoms. The van der Waals surface area contributed by atoms with Gasteiger partial charge in [0.25, 0.3) is 0 Å². The zero-order chi connectivity index (χ0) is 10.9. The van der Waals surface area contributed by atoms with Crippen molar-refractivity contribution in [2.45, 2.75) is 26.9 Å². The highest BCUT2D eigenvalue weighted by molar-refractivity contribution is 7.99. The van der Waals surface area contributed by atoms with Crippen molar-refractivity contribution < 1.29 is 4.57 Å². The Morgan fingerprint density at radius 3 is 2.60 bits per heavy atom. The zero-order valence-corrected chi connectivity index (χ0v) is 11.3. The molecule has 1 aromatic heterocycles. The van der Waals surface area contributed by atoms with Crippen LogP contribution in [-0.2, 0) is 13.1 Å². The molecular weight excluding hydrogens is 224 g/mol. The first-order chi connectivity index (χ1) is 7.36. The SMILES string of the molecule is CCSCCn1cc[n+](CCSCC)c1. The molecule has 15 heavy (non-hydrogen) atoms. The Labute approximate surface area is 101 Å². The maximum Gasteiger partial charge on any atom is 0.243 e. The van der Waals surface area contributed by atoms with Crippen LogP contribution < -0.4 is 4.57 Å². The lowest BCUT2D eigenvalue weighted by Crippen LogP contribution is -2.32. The van der Waals surface area contributed by atoms with E-state index in [1.807, 2.05) is 23.5 Å². The van der Waals surface area contributed by atoms with Crippen molar-refractivity contribution in [1.29, 1.82) is 0 Å². The lowest BCUT2D eigenvalue weighted by Gasteiger charge is -1.96. The fraction of sp³-hybridized carbons (Fsp3) is 0.727. The fourth-order valence-corrected chi connectivity index (χ4v) is 2.59. The molecule has 0 fully saturated rings. The van der Waals surface area contributed by atoms with E-state index in [1.165, 1.54) is 23.0 Å². The second-order valence-electron chi connectivity index (χ2n) is 3.28. The molecule has 0 aliphatic heterocycles. The van der Waals surface area contributed by atoms with Crippen LogP contribution in [0.5, 0.6) is 0 Å². The van der Waals surface area contributed by atoms with Gasteiger partial charge in [-0.3, -0.25) is 0 Å². The number of nitrogens with zero attached hydrogens (tertiary/aromatic N) is 2. The quantitative estimate of drug-likeness (QED) is 0.513. The Morgan fingerprint density at radius 2 is 1.87 bits per heavy atom. The van der Waals surface area contributed by atoms with Crippen LogP contribution in [-0.4, -0.2) is 27.6 Å². The predicted molar refractivity (Wildman–Crippen MR) is 70.6 cm³/mol. The van der Waals surface area contributed by atoms with Crippen molar-refractivity contribution in [3.05, 3.63) is 18.7 Å². The second-order valence-corrected chi connectivity index (χ2v) is 6.07. The Hall–Kier alpha value is -0.0900. The topological polar surface area (TPSA) is 8.81 Å². The standard InChI is InChI=1S/C11H21N2S2/c1-3-14-9-7-12-5-6-13(11-12)8-10-15-4-2/h5-6,11H,3-4,7-10H2,1-2H3/q+1. The van der Waals surface area contributed by atoms with Gasteiger partial charge in [0.05, 0.1) is 13.1 Å². The summed E-state index contributed by atoms with van der Waals surface area (Å²) in [6, 6.07) is 0. The van der Waals surface area contributed by atoms with Gasteiger partial charge in [0.2, 0.25) is 6.33 Å². The maximum atomic E-state index is 2.28. The van der Waals surface area contributed by atoms with Crippen LogP contribution in [0.3, 0.4) is 0 Å². The Bertz CT molecular complexity index is 236. The van der Waals surface area contributed by atoms with Crippen molar-refractivity contribution in [3.8, 4) is 0 Å². The summed E-state index contributed by atoms with van der Waals surface area (Å²) < 4.78 is 4.55. The van der Waals surface area contributed by atoms with E-state index >= 15 is 0 Å². The van der Waals surface area contributed by atoms with Crippen LogP contribution >= 0.6 is 23.5 Å². The summed E-state index contributed by atoms with van der Waals surface area (Å²) in [7, 11) is 0. The summed E-state index contributed by atoms with van der Waals surface area (Å²) in [5.74, 6) is 4.87. The summed E-state index contributed by atoms with van der Waals surface area (Å²) in [6.07, 6.45) is 6.56. The molecule has 0 aromatic carbocycles. The first-order valence-corrected chi connectivity index (χ1v) is 7.88. The van der Waals surface area contributed by atoms with Gasteiger partial charge in [-0.1, -0.05) is 13.8 Å². The van der Waals surface area contributed by atoms with E-state index in [1.54, 1.807) is 0 Å². The van der Waals surface area contributed by atoms with E-state index < -0.39 is 0 Å². The average Bonchev–Trinajstić information content (AvgIpc) is 2.67. The monoisotopic (exact) mass is 245 g/mol. The Morgan fingerprint density at radius 1 is 1.13 bits per heavy atom. The van der Waals surface area contributed by atoms with Gasteiger partial charge in [0, 0.05) is 11.5 Å². The van der Waals surface area contributed by atoms with Crippen molar-refractivity contribution >= 4 is 23.5 Å². The molecule has 0 aliphatic rings. The number of imidazole rings is 1. The summed E-state index contributed by atoms with van der Waals surface area (Å²) in [6.45, 7) is 6.68. The van der Waals surface area contributed by atoms with Crippen LogP contribution in [0.2, 0.25) is 0 Å². The first-order valence-electron chi connectivity index (χ1n) is 5.57. The van der Waals surface area contributed by atoms with Crippen LogP contribution in [0.1, 0.15) is 13.8 Å². The van der Waals surface area contributed by atoms with Gasteiger partial charge in [-0.2, -0.15) is 23.5 Å². The van der Waals surface area contributed by atoms with Crippen LogP contribution in [0.4, 0.5) is 0 Å². The van der Waals surface area contributed by atoms with E-state index in [0.29, 0.717) is 0 Å². The first kappa shape index (κ1) is 13.0. The van der Waals surface area contributed by atoms with Gasteiger partial charge in [-0.05, 0) is 11.5 Å². The number of rotatable bonds is 8. The molecule has 0 aliphatic carbocycles. The normalized spacial score (nSPS) is 10.8. The van der Waals surface area contributed by atoms with Gasteiger partial charge in [0.1, 0.15) is 12.4 Å². The molecule has 0 unspecified atom stereocenters. The third-order valence-electron chi connectivity index (χ3n) is 2.14. The highest BCUT2D eigenvalue weighted by Crippen LogP contribution is 2.00. The molecule has 0 radical (unpaired) electrons. The molecule has 1 heterocycles. The van der Waals surface area contributed by atoms with Gasteiger partial charge in [-0.25, -0.2) is 9.13 Å².